The number of hydrogen-bond acceptors (Lipinski definition) is 3. The lowest BCUT2D eigenvalue weighted by Gasteiger charge is -2.11. The van der Waals surface area contributed by atoms with Gasteiger partial charge in [-0.05, 0) is 31.2 Å². The van der Waals surface area contributed by atoms with Crippen LogP contribution in [0.25, 0.3) is 0 Å². The molecular weight excluding hydrogens is 226 g/mol. The zero-order chi connectivity index (χ0) is 12.8. The lowest BCUT2D eigenvalue weighted by molar-refractivity contribution is 0.0527. The van der Waals surface area contributed by atoms with Crippen LogP contribution in [0.3, 0.4) is 0 Å². The predicted octanol–water partition coefficient (Wildman–Crippen LogP) is 3.61. The van der Waals surface area contributed by atoms with Gasteiger partial charge in [-0.3, -0.25) is 0 Å². The monoisotopic (exact) mass is 241 g/mol. The van der Waals surface area contributed by atoms with Gasteiger partial charge in [0.2, 0.25) is 0 Å². The number of benzene rings is 2. The third kappa shape index (κ3) is 2.88. The van der Waals surface area contributed by atoms with Crippen molar-refractivity contribution in [1.82, 2.24) is 0 Å². The van der Waals surface area contributed by atoms with Crippen molar-refractivity contribution in [2.75, 3.05) is 11.9 Å². The molecule has 18 heavy (non-hydrogen) atoms. The van der Waals surface area contributed by atoms with Crippen LogP contribution in [0.4, 0.5) is 11.4 Å². The van der Waals surface area contributed by atoms with Crippen molar-refractivity contribution in [1.29, 1.82) is 0 Å². The van der Waals surface area contributed by atoms with E-state index in [-0.39, 0.29) is 5.97 Å². The Morgan fingerprint density at radius 1 is 1.06 bits per heavy atom. The predicted molar refractivity (Wildman–Crippen MR) is 72.1 cm³/mol. The number of anilines is 2. The number of nitrogens with one attached hydrogen (secondary N) is 1. The molecule has 0 radical (unpaired) electrons. The Bertz CT molecular complexity index is 523. The summed E-state index contributed by atoms with van der Waals surface area (Å²) in [5.41, 5.74) is 2.24. The highest BCUT2D eigenvalue weighted by molar-refractivity contribution is 5.96. The van der Waals surface area contributed by atoms with E-state index in [1.807, 2.05) is 48.5 Å². The molecule has 0 aliphatic carbocycles. The van der Waals surface area contributed by atoms with Gasteiger partial charge in [0.25, 0.3) is 0 Å². The van der Waals surface area contributed by atoms with Crippen LogP contribution in [0.15, 0.2) is 54.6 Å². The minimum absolute atomic E-state index is 0.309. The van der Waals surface area contributed by atoms with Crippen molar-refractivity contribution in [2.24, 2.45) is 0 Å². The summed E-state index contributed by atoms with van der Waals surface area (Å²) in [6.07, 6.45) is 0. The fourth-order valence-electron chi connectivity index (χ4n) is 1.66. The number of carbonyl (C=O) groups excluding carboxylic acids is 1. The van der Waals surface area contributed by atoms with E-state index in [4.69, 9.17) is 4.74 Å². The first-order chi connectivity index (χ1) is 8.81. The van der Waals surface area contributed by atoms with Gasteiger partial charge in [0.15, 0.2) is 0 Å². The summed E-state index contributed by atoms with van der Waals surface area (Å²) < 4.78 is 5.03. The summed E-state index contributed by atoms with van der Waals surface area (Å²) in [7, 11) is 0. The Hall–Kier alpha value is -2.29. The van der Waals surface area contributed by atoms with Crippen LogP contribution in [-0.4, -0.2) is 12.6 Å². The summed E-state index contributed by atoms with van der Waals surface area (Å²) in [5, 5.41) is 3.21. The summed E-state index contributed by atoms with van der Waals surface area (Å²) >= 11 is 0. The lowest BCUT2D eigenvalue weighted by atomic mass is 10.1. The van der Waals surface area contributed by atoms with Crippen LogP contribution in [0, 0.1) is 0 Å². The molecule has 0 saturated heterocycles. The highest BCUT2D eigenvalue weighted by Gasteiger charge is 2.11. The molecule has 0 amide bonds. The van der Waals surface area contributed by atoms with Crippen LogP contribution in [0.5, 0.6) is 0 Å². The average Bonchev–Trinajstić information content (AvgIpc) is 2.41. The zero-order valence-electron chi connectivity index (χ0n) is 10.2. The molecule has 0 bridgehead atoms. The zero-order valence-corrected chi connectivity index (χ0v) is 10.2. The Kier molecular flexibility index (Phi) is 3.97. The molecule has 2 aromatic carbocycles. The summed E-state index contributed by atoms with van der Waals surface area (Å²) in [6.45, 7) is 2.17. The molecule has 0 aromatic heterocycles. The van der Waals surface area contributed by atoms with Gasteiger partial charge >= 0.3 is 5.97 Å². The second-order valence-corrected chi connectivity index (χ2v) is 3.76. The van der Waals surface area contributed by atoms with Gasteiger partial charge in [-0.25, -0.2) is 4.79 Å². The van der Waals surface area contributed by atoms with Crippen molar-refractivity contribution in [2.45, 2.75) is 6.92 Å². The smallest absolute Gasteiger partial charge is 0.340 e. The molecule has 0 unspecified atom stereocenters. The number of esters is 1. The van der Waals surface area contributed by atoms with E-state index in [9.17, 15) is 4.79 Å². The number of rotatable bonds is 4. The molecular formula is C15H15NO2. The van der Waals surface area contributed by atoms with E-state index < -0.39 is 0 Å². The van der Waals surface area contributed by atoms with Gasteiger partial charge < -0.3 is 10.1 Å². The van der Waals surface area contributed by atoms with E-state index in [1.165, 1.54) is 0 Å². The molecule has 0 atom stereocenters. The van der Waals surface area contributed by atoms with E-state index in [2.05, 4.69) is 5.32 Å². The molecule has 2 aromatic rings. The van der Waals surface area contributed by atoms with Gasteiger partial charge in [-0.1, -0.05) is 30.3 Å². The molecule has 3 heteroatoms. The molecule has 3 nitrogen and oxygen atoms in total. The first-order valence-electron chi connectivity index (χ1n) is 5.89. The standard InChI is InChI=1S/C15H15NO2/c1-2-18-15(17)13-10-6-7-11-14(13)16-12-8-4-3-5-9-12/h3-11,16H,2H2,1H3. The second kappa shape index (κ2) is 5.87. The van der Waals surface area contributed by atoms with Crippen molar-refractivity contribution in [3.63, 3.8) is 0 Å². The molecule has 2 rings (SSSR count). The van der Waals surface area contributed by atoms with Gasteiger partial charge in [-0.15, -0.1) is 0 Å². The normalized spacial score (nSPS) is 9.83. The number of para-hydroxylation sites is 2. The van der Waals surface area contributed by atoms with E-state index >= 15 is 0 Å². The van der Waals surface area contributed by atoms with Gasteiger partial charge in [-0.2, -0.15) is 0 Å². The maximum absolute atomic E-state index is 11.8. The highest BCUT2D eigenvalue weighted by atomic mass is 16.5. The van der Waals surface area contributed by atoms with Crippen LogP contribution >= 0.6 is 0 Å². The topological polar surface area (TPSA) is 38.3 Å². The maximum atomic E-state index is 11.8. The molecule has 0 aliphatic heterocycles. The Morgan fingerprint density at radius 2 is 1.72 bits per heavy atom. The van der Waals surface area contributed by atoms with Crippen LogP contribution in [0.1, 0.15) is 17.3 Å². The molecule has 0 saturated carbocycles. The number of carbonyl (C=O) groups is 1. The number of hydrogen-bond donors (Lipinski definition) is 1. The van der Waals surface area contributed by atoms with Crippen molar-refractivity contribution >= 4 is 17.3 Å². The first-order valence-corrected chi connectivity index (χ1v) is 5.89. The van der Waals surface area contributed by atoms with Crippen molar-refractivity contribution in [3.8, 4) is 0 Å². The van der Waals surface area contributed by atoms with Crippen molar-refractivity contribution in [3.05, 3.63) is 60.2 Å². The summed E-state index contributed by atoms with van der Waals surface area (Å²) in [5.74, 6) is -0.309. The van der Waals surface area contributed by atoms with Gasteiger partial charge in [0.1, 0.15) is 0 Å². The van der Waals surface area contributed by atoms with E-state index in [0.717, 1.165) is 11.4 Å². The summed E-state index contributed by atoms with van der Waals surface area (Å²) in [4.78, 5) is 11.8. The summed E-state index contributed by atoms with van der Waals surface area (Å²) in [6, 6.07) is 17.0. The third-order valence-corrected chi connectivity index (χ3v) is 2.48. The fraction of sp³-hybridized carbons (Fsp3) is 0.133. The van der Waals surface area contributed by atoms with Crippen LogP contribution in [0.2, 0.25) is 0 Å². The fourth-order valence-corrected chi connectivity index (χ4v) is 1.66. The largest absolute Gasteiger partial charge is 0.462 e. The Morgan fingerprint density at radius 3 is 2.44 bits per heavy atom. The van der Waals surface area contributed by atoms with Gasteiger partial charge in [0.05, 0.1) is 17.9 Å². The second-order valence-electron chi connectivity index (χ2n) is 3.76. The number of ether oxygens (including phenoxy) is 1. The third-order valence-electron chi connectivity index (χ3n) is 2.48. The Balaban J connectivity index is 2.25. The molecule has 0 spiro atoms. The SMILES string of the molecule is CCOC(=O)c1ccccc1Nc1ccccc1. The highest BCUT2D eigenvalue weighted by Crippen LogP contribution is 2.21. The molecule has 92 valence electrons. The first kappa shape index (κ1) is 12.2. The average molecular weight is 241 g/mol. The Labute approximate surface area is 106 Å². The maximum Gasteiger partial charge on any atom is 0.340 e. The van der Waals surface area contributed by atoms with Gasteiger partial charge in [0, 0.05) is 5.69 Å². The lowest BCUT2D eigenvalue weighted by Crippen LogP contribution is -2.07. The van der Waals surface area contributed by atoms with Crippen LogP contribution in [-0.2, 0) is 4.74 Å². The molecule has 0 fully saturated rings. The molecule has 0 aliphatic rings. The van der Waals surface area contributed by atoms with Crippen LogP contribution < -0.4 is 5.32 Å². The quantitative estimate of drug-likeness (QED) is 0.831. The molecule has 0 heterocycles. The van der Waals surface area contributed by atoms with E-state index in [0.29, 0.717) is 12.2 Å². The minimum atomic E-state index is -0.309. The molecule has 1 N–H and O–H groups in total. The van der Waals surface area contributed by atoms with E-state index in [1.54, 1.807) is 13.0 Å². The minimum Gasteiger partial charge on any atom is -0.462 e. The van der Waals surface area contributed by atoms with Crippen molar-refractivity contribution < 1.29 is 9.53 Å².